The Morgan fingerprint density at radius 3 is 2.40 bits per heavy atom. The van der Waals surface area contributed by atoms with Crippen LogP contribution in [-0.4, -0.2) is 40.5 Å². The van der Waals surface area contributed by atoms with E-state index in [9.17, 15) is 4.79 Å². The van der Waals surface area contributed by atoms with Gasteiger partial charge in [0.2, 0.25) is 5.91 Å². The second-order valence-electron chi connectivity index (χ2n) is 9.38. The van der Waals surface area contributed by atoms with E-state index in [1.54, 1.807) is 0 Å². The van der Waals surface area contributed by atoms with Gasteiger partial charge in [-0.3, -0.25) is 14.7 Å². The Morgan fingerprint density at radius 2 is 1.80 bits per heavy atom. The molecule has 4 aliphatic rings. The minimum absolute atomic E-state index is 0.210. The number of carbonyl (C=O) groups excluding carboxylic acids is 1. The highest BCUT2D eigenvalue weighted by molar-refractivity contribution is 9.10. The highest BCUT2D eigenvalue weighted by Crippen LogP contribution is 2.52. The molecular weight excluding hydrogens is 378 g/mol. The van der Waals surface area contributed by atoms with Crippen LogP contribution in [0, 0.1) is 11.8 Å². The number of hydrogen-bond donors (Lipinski definition) is 0. The number of fused-ring (bicyclic) bond motifs is 2. The summed E-state index contributed by atoms with van der Waals surface area (Å²) in [4.78, 5) is 22.5. The fraction of sp³-hybridized carbons (Fsp3) is 0.700. The fourth-order valence-corrected chi connectivity index (χ4v) is 5.88. The Balaban J connectivity index is 1.39. The molecule has 0 spiro atoms. The van der Waals surface area contributed by atoms with Crippen LogP contribution in [0.3, 0.4) is 0 Å². The zero-order valence-corrected chi connectivity index (χ0v) is 16.8. The summed E-state index contributed by atoms with van der Waals surface area (Å²) in [6.45, 7) is 8.96. The van der Waals surface area contributed by atoms with Crippen molar-refractivity contribution in [1.82, 2.24) is 9.88 Å². The van der Waals surface area contributed by atoms with Gasteiger partial charge >= 0.3 is 0 Å². The zero-order valence-electron chi connectivity index (χ0n) is 15.3. The number of anilines is 1. The van der Waals surface area contributed by atoms with Crippen LogP contribution in [-0.2, 0) is 10.2 Å². The summed E-state index contributed by atoms with van der Waals surface area (Å²) in [5, 5.41) is 0. The van der Waals surface area contributed by atoms with E-state index in [4.69, 9.17) is 0 Å². The Hall–Kier alpha value is -0.940. The van der Waals surface area contributed by atoms with Crippen molar-refractivity contribution in [3.8, 4) is 0 Å². The van der Waals surface area contributed by atoms with Crippen LogP contribution in [0.1, 0.15) is 52.1 Å². The van der Waals surface area contributed by atoms with E-state index in [0.717, 1.165) is 40.5 Å². The average Bonchev–Trinajstić information content (AvgIpc) is 2.89. The van der Waals surface area contributed by atoms with Crippen molar-refractivity contribution in [2.24, 2.45) is 11.8 Å². The summed E-state index contributed by atoms with van der Waals surface area (Å²) in [6.07, 6.45) is 6.82. The quantitative estimate of drug-likeness (QED) is 0.754. The molecule has 5 heteroatoms. The molecule has 2 unspecified atom stereocenters. The van der Waals surface area contributed by atoms with Crippen molar-refractivity contribution in [3.63, 3.8) is 0 Å². The largest absolute Gasteiger partial charge is 0.307 e. The predicted molar refractivity (Wildman–Crippen MR) is 102 cm³/mol. The summed E-state index contributed by atoms with van der Waals surface area (Å²) >= 11 is 3.53. The number of hydrogen-bond acceptors (Lipinski definition) is 3. The number of amides is 1. The molecule has 2 aliphatic heterocycles. The minimum Gasteiger partial charge on any atom is -0.307 e. The van der Waals surface area contributed by atoms with Gasteiger partial charge in [-0.05, 0) is 80.3 Å². The van der Waals surface area contributed by atoms with E-state index in [1.807, 2.05) is 20.0 Å². The molecule has 4 nitrogen and oxygen atoms in total. The molecule has 0 radical (unpaired) electrons. The maximum absolute atomic E-state index is 13.1. The lowest BCUT2D eigenvalue weighted by Gasteiger charge is -2.54. The number of rotatable bonds is 2. The number of pyridine rings is 1. The van der Waals surface area contributed by atoms with Gasteiger partial charge < -0.3 is 4.90 Å². The molecular formula is C20H26BrN3O. The monoisotopic (exact) mass is 403 g/mol. The first-order valence-corrected chi connectivity index (χ1v) is 10.3. The number of carbonyl (C=O) groups is 1. The zero-order chi connectivity index (χ0) is 17.6. The van der Waals surface area contributed by atoms with Crippen molar-refractivity contribution in [2.45, 2.75) is 63.5 Å². The average molecular weight is 404 g/mol. The smallest absolute Gasteiger partial charge is 0.239 e. The molecule has 1 aromatic rings. The van der Waals surface area contributed by atoms with Crippen molar-refractivity contribution < 1.29 is 4.79 Å². The molecule has 3 heterocycles. The van der Waals surface area contributed by atoms with Gasteiger partial charge in [0.05, 0.1) is 16.8 Å². The van der Waals surface area contributed by atoms with Crippen LogP contribution in [0.2, 0.25) is 0 Å². The van der Waals surface area contributed by atoms with E-state index < -0.39 is 5.41 Å². The van der Waals surface area contributed by atoms with Gasteiger partial charge in [-0.25, -0.2) is 0 Å². The minimum atomic E-state index is -0.519. The van der Waals surface area contributed by atoms with E-state index in [2.05, 4.69) is 43.7 Å². The van der Waals surface area contributed by atoms with E-state index in [1.165, 1.54) is 25.9 Å². The van der Waals surface area contributed by atoms with Crippen molar-refractivity contribution in [2.75, 3.05) is 18.0 Å². The molecule has 2 atom stereocenters. The van der Waals surface area contributed by atoms with Crippen LogP contribution in [0.4, 0.5) is 5.69 Å². The molecule has 5 rings (SSSR count). The molecule has 1 aromatic heterocycles. The molecule has 3 fully saturated rings. The maximum atomic E-state index is 13.1. The SMILES string of the molecule is CC1(C)C(=O)N([C@H]2C[C@@](C)(N3CC4CCC4C3)C2)c2cc(Br)cnc21. The first-order valence-electron chi connectivity index (χ1n) is 9.54. The molecule has 2 saturated carbocycles. The lowest BCUT2D eigenvalue weighted by molar-refractivity contribution is -0.123. The molecule has 0 aromatic carbocycles. The third kappa shape index (κ3) is 2.14. The third-order valence-corrected chi connectivity index (χ3v) is 7.84. The van der Waals surface area contributed by atoms with Gasteiger partial charge in [0.25, 0.3) is 0 Å². The second-order valence-corrected chi connectivity index (χ2v) is 10.3. The van der Waals surface area contributed by atoms with Crippen molar-refractivity contribution in [1.29, 1.82) is 0 Å². The second kappa shape index (κ2) is 5.07. The lowest BCUT2D eigenvalue weighted by Crippen LogP contribution is -2.62. The molecule has 0 N–H and O–H groups in total. The lowest BCUT2D eigenvalue weighted by atomic mass is 9.72. The first kappa shape index (κ1) is 16.2. The summed E-state index contributed by atoms with van der Waals surface area (Å²) in [5.74, 6) is 2.11. The molecule has 1 amide bonds. The van der Waals surface area contributed by atoms with E-state index in [0.29, 0.717) is 6.04 Å². The molecule has 0 bridgehead atoms. The Labute approximate surface area is 158 Å². The number of halogens is 1. The summed E-state index contributed by atoms with van der Waals surface area (Å²) in [7, 11) is 0. The van der Waals surface area contributed by atoms with E-state index >= 15 is 0 Å². The van der Waals surface area contributed by atoms with E-state index in [-0.39, 0.29) is 11.4 Å². The van der Waals surface area contributed by atoms with Crippen LogP contribution in [0.15, 0.2) is 16.7 Å². The highest BCUT2D eigenvalue weighted by Gasteiger charge is 2.56. The fourth-order valence-electron chi connectivity index (χ4n) is 5.56. The van der Waals surface area contributed by atoms with Gasteiger partial charge in [0.1, 0.15) is 0 Å². The van der Waals surface area contributed by atoms with Gasteiger partial charge in [-0.2, -0.15) is 0 Å². The van der Waals surface area contributed by atoms with Gasteiger partial charge in [-0.15, -0.1) is 0 Å². The third-order valence-electron chi connectivity index (χ3n) is 7.40. The molecule has 134 valence electrons. The Bertz CT molecular complexity index is 743. The normalized spacial score (nSPS) is 39.0. The van der Waals surface area contributed by atoms with Crippen LogP contribution < -0.4 is 4.90 Å². The van der Waals surface area contributed by atoms with Crippen LogP contribution in [0.5, 0.6) is 0 Å². The van der Waals surface area contributed by atoms with Crippen molar-refractivity contribution >= 4 is 27.5 Å². The highest BCUT2D eigenvalue weighted by atomic mass is 79.9. The predicted octanol–water partition coefficient (Wildman–Crippen LogP) is 3.73. The Kier molecular flexibility index (Phi) is 3.29. The van der Waals surface area contributed by atoms with Crippen LogP contribution >= 0.6 is 15.9 Å². The van der Waals surface area contributed by atoms with Gasteiger partial charge in [0, 0.05) is 35.3 Å². The summed E-state index contributed by atoms with van der Waals surface area (Å²) in [6, 6.07) is 2.38. The first-order chi connectivity index (χ1) is 11.8. The Morgan fingerprint density at radius 1 is 1.16 bits per heavy atom. The van der Waals surface area contributed by atoms with Gasteiger partial charge in [0.15, 0.2) is 0 Å². The molecule has 25 heavy (non-hydrogen) atoms. The standard InChI is InChI=1S/C20H26BrN3O/c1-19(2)17-16(6-14(21)9-22-17)24(18(19)25)15-7-20(3,8-15)23-10-12-4-5-13(12)11-23/h6,9,12-13,15H,4-5,7-8,10-11H2,1-3H3/t12?,13?,15-,20+. The molecule has 2 aliphatic carbocycles. The van der Waals surface area contributed by atoms with Crippen molar-refractivity contribution in [3.05, 3.63) is 22.4 Å². The maximum Gasteiger partial charge on any atom is 0.239 e. The van der Waals surface area contributed by atoms with Gasteiger partial charge in [-0.1, -0.05) is 0 Å². The number of aromatic nitrogens is 1. The van der Waals surface area contributed by atoms with Crippen LogP contribution in [0.25, 0.3) is 0 Å². The topological polar surface area (TPSA) is 36.4 Å². The number of likely N-dealkylation sites (tertiary alicyclic amines) is 1. The molecule has 1 saturated heterocycles. The number of nitrogens with zero attached hydrogens (tertiary/aromatic N) is 3. The summed E-state index contributed by atoms with van der Waals surface area (Å²) < 4.78 is 0.944. The summed E-state index contributed by atoms with van der Waals surface area (Å²) in [5.41, 5.74) is 1.69.